The van der Waals surface area contributed by atoms with E-state index < -0.39 is 0 Å². The Labute approximate surface area is 194 Å². The van der Waals surface area contributed by atoms with Crippen LogP contribution in [-0.4, -0.2) is 40.4 Å². The zero-order chi connectivity index (χ0) is 21.4. The number of carbonyl (C=O) groups is 1. The van der Waals surface area contributed by atoms with Crippen molar-refractivity contribution >= 4 is 52.1 Å². The summed E-state index contributed by atoms with van der Waals surface area (Å²) < 4.78 is 7.59. The molecule has 0 aliphatic carbocycles. The predicted molar refractivity (Wildman–Crippen MR) is 124 cm³/mol. The molecule has 0 radical (unpaired) electrons. The average Bonchev–Trinajstić information content (AvgIpc) is 3.49. The minimum Gasteiger partial charge on any atom is -0.372 e. The lowest BCUT2D eigenvalue weighted by Gasteiger charge is -2.20. The van der Waals surface area contributed by atoms with E-state index in [1.807, 2.05) is 22.5 Å². The first-order valence-electron chi connectivity index (χ1n) is 10.0. The van der Waals surface area contributed by atoms with Crippen LogP contribution in [0.1, 0.15) is 40.2 Å². The highest BCUT2D eigenvalue weighted by Gasteiger charge is 2.30. The van der Waals surface area contributed by atoms with Crippen LogP contribution < -0.4 is 5.43 Å². The summed E-state index contributed by atoms with van der Waals surface area (Å²) in [5.74, 6) is -0.234. The second kappa shape index (κ2) is 8.76. The summed E-state index contributed by atoms with van der Waals surface area (Å²) in [6.07, 6.45) is 4.21. The molecule has 1 amide bonds. The largest absolute Gasteiger partial charge is 0.372 e. The third-order valence-electron chi connectivity index (χ3n) is 5.39. The van der Waals surface area contributed by atoms with E-state index in [1.165, 1.54) is 0 Å². The Balaban J connectivity index is 1.64. The number of hydrazine groups is 1. The highest BCUT2D eigenvalue weighted by molar-refractivity contribution is 7.08. The molecule has 0 bridgehead atoms. The molecule has 6 nitrogen and oxygen atoms in total. The summed E-state index contributed by atoms with van der Waals surface area (Å²) in [5.41, 5.74) is 7.63. The van der Waals surface area contributed by atoms with Crippen molar-refractivity contribution in [3.63, 3.8) is 0 Å². The van der Waals surface area contributed by atoms with E-state index in [0.29, 0.717) is 34.6 Å². The van der Waals surface area contributed by atoms with Crippen LogP contribution in [0.5, 0.6) is 0 Å². The smallest absolute Gasteiger partial charge is 0.286 e. The van der Waals surface area contributed by atoms with E-state index >= 15 is 0 Å². The Kier molecular flexibility index (Phi) is 5.86. The fourth-order valence-electron chi connectivity index (χ4n) is 3.95. The summed E-state index contributed by atoms with van der Waals surface area (Å²) in [6, 6.07) is 7.31. The van der Waals surface area contributed by atoms with Crippen LogP contribution >= 0.6 is 34.5 Å². The topological polar surface area (TPSA) is 59.4 Å². The summed E-state index contributed by atoms with van der Waals surface area (Å²) in [4.78, 5) is 13.1. The summed E-state index contributed by atoms with van der Waals surface area (Å²) in [6.45, 7) is 2.42. The highest BCUT2D eigenvalue weighted by atomic mass is 35.5. The van der Waals surface area contributed by atoms with Crippen molar-refractivity contribution in [1.82, 2.24) is 20.2 Å². The molecule has 5 rings (SSSR count). The molecule has 1 fully saturated rings. The number of hydrogen-bond donors (Lipinski definition) is 1. The van der Waals surface area contributed by atoms with Crippen LogP contribution in [0.2, 0.25) is 10.0 Å². The number of fused-ring (bicyclic) bond motifs is 1. The van der Waals surface area contributed by atoms with E-state index in [4.69, 9.17) is 33.0 Å². The van der Waals surface area contributed by atoms with Crippen LogP contribution in [0.25, 0.3) is 17.3 Å². The van der Waals surface area contributed by atoms with Crippen molar-refractivity contribution < 1.29 is 9.53 Å². The average molecular weight is 475 g/mol. The Bertz CT molecular complexity index is 1150. The molecule has 2 aliphatic heterocycles. The van der Waals surface area contributed by atoms with Gasteiger partial charge in [-0.2, -0.15) is 16.4 Å². The van der Waals surface area contributed by atoms with Crippen molar-refractivity contribution in [1.29, 1.82) is 0 Å². The molecule has 3 aromatic rings. The van der Waals surface area contributed by atoms with Gasteiger partial charge in [0.2, 0.25) is 0 Å². The number of rotatable bonds is 4. The number of halogens is 2. The molecule has 31 heavy (non-hydrogen) atoms. The van der Waals surface area contributed by atoms with Gasteiger partial charge in [0.25, 0.3) is 5.91 Å². The van der Waals surface area contributed by atoms with Crippen LogP contribution in [-0.2, 0) is 11.3 Å². The van der Waals surface area contributed by atoms with Crippen LogP contribution in [0.15, 0.2) is 35.0 Å². The minimum absolute atomic E-state index is 0.234. The Morgan fingerprint density at radius 2 is 2.03 bits per heavy atom. The first-order valence-corrected chi connectivity index (χ1v) is 11.7. The zero-order valence-corrected chi connectivity index (χ0v) is 18.9. The molecule has 0 saturated carbocycles. The van der Waals surface area contributed by atoms with Gasteiger partial charge in [0, 0.05) is 29.2 Å². The molecule has 1 aromatic carbocycles. The van der Waals surface area contributed by atoms with Crippen LogP contribution in [0.3, 0.4) is 0 Å². The number of amides is 1. The van der Waals surface area contributed by atoms with Crippen molar-refractivity contribution in [2.24, 2.45) is 0 Å². The predicted octanol–water partition coefficient (Wildman–Crippen LogP) is 5.05. The second-order valence-electron chi connectivity index (χ2n) is 7.54. The Morgan fingerprint density at radius 1 is 1.19 bits per heavy atom. The van der Waals surface area contributed by atoms with Gasteiger partial charge in [-0.15, -0.1) is 0 Å². The number of nitrogens with one attached hydrogen (secondary N) is 1. The van der Waals surface area contributed by atoms with E-state index in [2.05, 4.69) is 16.9 Å². The molecule has 1 saturated heterocycles. The summed E-state index contributed by atoms with van der Waals surface area (Å²) in [7, 11) is 0. The molecule has 2 aromatic heterocycles. The van der Waals surface area contributed by atoms with E-state index in [9.17, 15) is 4.79 Å². The fourth-order valence-corrected chi connectivity index (χ4v) is 5.06. The molecule has 0 spiro atoms. The van der Waals surface area contributed by atoms with Gasteiger partial charge < -0.3 is 4.74 Å². The van der Waals surface area contributed by atoms with Gasteiger partial charge >= 0.3 is 0 Å². The third kappa shape index (κ3) is 4.16. The minimum atomic E-state index is -0.234. The van der Waals surface area contributed by atoms with Crippen molar-refractivity contribution in [3.8, 4) is 5.69 Å². The Hall–Kier alpha value is -2.16. The number of ether oxygens (including phenoxy) is 1. The maximum absolute atomic E-state index is 13.1. The summed E-state index contributed by atoms with van der Waals surface area (Å²) >= 11 is 14.3. The number of benzene rings is 1. The Morgan fingerprint density at radius 3 is 2.77 bits per heavy atom. The molecule has 0 atom stereocenters. The maximum Gasteiger partial charge on any atom is 0.286 e. The van der Waals surface area contributed by atoms with Crippen molar-refractivity contribution in [2.45, 2.75) is 19.4 Å². The lowest BCUT2D eigenvalue weighted by molar-refractivity contribution is 0.0813. The van der Waals surface area contributed by atoms with Gasteiger partial charge in [0.05, 0.1) is 29.6 Å². The van der Waals surface area contributed by atoms with Crippen LogP contribution in [0.4, 0.5) is 0 Å². The molecule has 160 valence electrons. The quantitative estimate of drug-likeness (QED) is 0.574. The molecule has 2 aliphatic rings. The first kappa shape index (κ1) is 20.7. The molecular weight excluding hydrogens is 455 g/mol. The molecule has 1 N–H and O–H groups in total. The molecule has 4 heterocycles. The summed E-state index contributed by atoms with van der Waals surface area (Å²) in [5, 5.41) is 11.7. The van der Waals surface area contributed by atoms with E-state index in [-0.39, 0.29) is 5.91 Å². The van der Waals surface area contributed by atoms with Gasteiger partial charge in [-0.25, -0.2) is 9.69 Å². The maximum atomic E-state index is 13.1. The SMILES string of the molecule is O=C(NN1CCCC1)c1nn(-c2ccc(Cl)cc2Cl)c2c1COCC2=Cc1ccsc1. The van der Waals surface area contributed by atoms with Gasteiger partial charge in [-0.05, 0) is 59.5 Å². The highest BCUT2D eigenvalue weighted by Crippen LogP contribution is 2.35. The second-order valence-corrected chi connectivity index (χ2v) is 9.16. The van der Waals surface area contributed by atoms with Crippen LogP contribution in [0, 0.1) is 0 Å². The molecular formula is C22H20Cl2N4O2S. The standard InChI is InChI=1S/C22H20Cl2N4O2S/c23-16-3-4-19(18(24)10-16)28-21-15(9-14-5-8-31-13-14)11-30-12-17(21)20(25-28)22(29)26-27-6-1-2-7-27/h3-5,8-10,13H,1-2,6-7,11-12H2,(H,26,29). The fraction of sp³-hybridized carbons (Fsp3) is 0.273. The number of nitrogens with zero attached hydrogens (tertiary/aromatic N) is 3. The zero-order valence-electron chi connectivity index (χ0n) is 16.6. The van der Waals surface area contributed by atoms with Gasteiger partial charge in [-0.3, -0.25) is 10.2 Å². The first-order chi connectivity index (χ1) is 15.1. The molecule has 0 unspecified atom stereocenters. The van der Waals surface area contributed by atoms with Crippen molar-refractivity contribution in [3.05, 3.63) is 67.6 Å². The monoisotopic (exact) mass is 474 g/mol. The van der Waals surface area contributed by atoms with E-state index in [1.54, 1.807) is 28.2 Å². The van der Waals surface area contributed by atoms with Gasteiger partial charge in [0.15, 0.2) is 5.69 Å². The van der Waals surface area contributed by atoms with Crippen molar-refractivity contribution in [2.75, 3.05) is 19.7 Å². The number of aromatic nitrogens is 2. The third-order valence-corrected chi connectivity index (χ3v) is 6.63. The molecule has 9 heteroatoms. The number of carbonyl (C=O) groups excluding carboxylic acids is 1. The number of hydrogen-bond acceptors (Lipinski definition) is 5. The van der Waals surface area contributed by atoms with Gasteiger partial charge in [-0.1, -0.05) is 23.2 Å². The number of thiophene rings is 1. The van der Waals surface area contributed by atoms with Gasteiger partial charge in [0.1, 0.15) is 0 Å². The van der Waals surface area contributed by atoms with E-state index in [0.717, 1.165) is 48.3 Å². The normalized spacial score (nSPS) is 17.8. The lowest BCUT2D eigenvalue weighted by Crippen LogP contribution is -2.40. The lowest BCUT2D eigenvalue weighted by atomic mass is 10.0.